The first-order valence-electron chi connectivity index (χ1n) is 4.22. The van der Waals surface area contributed by atoms with Gasteiger partial charge in [-0.1, -0.05) is 12.8 Å². The number of thiol groups is 1. The number of nitrogens with one attached hydrogen (secondary N) is 1. The minimum Gasteiger partial charge on any atom is -0.301 e. The highest BCUT2D eigenvalue weighted by Crippen LogP contribution is 2.40. The van der Waals surface area contributed by atoms with E-state index in [4.69, 9.17) is 0 Å². The van der Waals surface area contributed by atoms with Crippen molar-refractivity contribution in [3.63, 3.8) is 0 Å². The average molecular weight is 171 g/mol. The number of carbonyl (C=O) groups excluding carboxylic acids is 1. The van der Waals surface area contributed by atoms with E-state index >= 15 is 0 Å². The maximum absolute atomic E-state index is 10.8. The van der Waals surface area contributed by atoms with E-state index in [9.17, 15) is 4.79 Å². The van der Waals surface area contributed by atoms with Gasteiger partial charge in [-0.25, -0.2) is 0 Å². The zero-order valence-corrected chi connectivity index (χ0v) is 7.36. The fourth-order valence-corrected chi connectivity index (χ4v) is 2.44. The quantitative estimate of drug-likeness (QED) is 0.579. The largest absolute Gasteiger partial charge is 0.301 e. The zero-order chi connectivity index (χ0) is 7.90. The van der Waals surface area contributed by atoms with E-state index in [1.165, 1.54) is 25.7 Å². The molecule has 2 aliphatic rings. The van der Waals surface area contributed by atoms with Crippen molar-refractivity contribution in [2.24, 2.45) is 0 Å². The van der Waals surface area contributed by atoms with Gasteiger partial charge in [-0.2, -0.15) is 0 Å². The highest BCUT2D eigenvalue weighted by atomic mass is 32.1. The first-order chi connectivity index (χ1) is 5.22. The molecule has 1 atom stereocenters. The molecular weight excluding hydrogens is 158 g/mol. The maximum atomic E-state index is 10.8. The molecular formula is C8H13NOS. The van der Waals surface area contributed by atoms with Crippen molar-refractivity contribution < 1.29 is 4.79 Å². The predicted octanol–water partition coefficient (Wildman–Crippen LogP) is 1.12. The van der Waals surface area contributed by atoms with E-state index in [1.54, 1.807) is 0 Å². The van der Waals surface area contributed by atoms with Crippen LogP contribution in [0.5, 0.6) is 0 Å². The van der Waals surface area contributed by atoms with Crippen molar-refractivity contribution in [1.82, 2.24) is 5.32 Å². The van der Waals surface area contributed by atoms with Gasteiger partial charge >= 0.3 is 0 Å². The molecule has 1 aliphatic carbocycles. The number of carbonyl (C=O) groups is 1. The van der Waals surface area contributed by atoms with Crippen LogP contribution in [0, 0.1) is 0 Å². The van der Waals surface area contributed by atoms with Gasteiger partial charge in [-0.15, -0.1) is 12.6 Å². The fraction of sp³-hybridized carbons (Fsp3) is 0.875. The topological polar surface area (TPSA) is 29.1 Å². The molecule has 1 unspecified atom stereocenters. The van der Waals surface area contributed by atoms with Crippen LogP contribution in [0.1, 0.15) is 32.1 Å². The first kappa shape index (κ1) is 7.62. The Morgan fingerprint density at radius 3 is 2.45 bits per heavy atom. The molecule has 0 bridgehead atoms. The summed E-state index contributed by atoms with van der Waals surface area (Å²) in [6.07, 6.45) is 6.17. The maximum Gasteiger partial charge on any atom is 0.202 e. The highest BCUT2D eigenvalue weighted by Gasteiger charge is 2.46. The Morgan fingerprint density at radius 2 is 2.00 bits per heavy atom. The van der Waals surface area contributed by atoms with Crippen LogP contribution >= 0.6 is 12.6 Å². The molecule has 1 aliphatic heterocycles. The standard InChI is InChI=1S/C8H13NOS/c10-7(11)6-5-8(9-6)3-1-2-4-8/h6,9H,1-5H2,(H,10,11). The van der Waals surface area contributed by atoms with Crippen LogP contribution in [-0.4, -0.2) is 16.7 Å². The third-order valence-electron chi connectivity index (χ3n) is 2.93. The van der Waals surface area contributed by atoms with E-state index < -0.39 is 0 Å². The monoisotopic (exact) mass is 171 g/mol. The van der Waals surface area contributed by atoms with E-state index in [0.717, 1.165) is 6.42 Å². The number of hydrogen-bond donors (Lipinski definition) is 2. The van der Waals surface area contributed by atoms with Gasteiger partial charge in [0.05, 0.1) is 6.04 Å². The van der Waals surface area contributed by atoms with Gasteiger partial charge in [0, 0.05) is 5.54 Å². The molecule has 1 heterocycles. The molecule has 2 nitrogen and oxygen atoms in total. The zero-order valence-electron chi connectivity index (χ0n) is 6.47. The Bertz CT molecular complexity index is 179. The second-order valence-electron chi connectivity index (χ2n) is 3.73. The SMILES string of the molecule is O=C(S)C1CC2(CCCC2)N1. The number of rotatable bonds is 1. The molecule has 2 fully saturated rings. The summed E-state index contributed by atoms with van der Waals surface area (Å²) in [4.78, 5) is 10.8. The van der Waals surface area contributed by atoms with Crippen LogP contribution in [0.25, 0.3) is 0 Å². The third-order valence-corrected chi connectivity index (χ3v) is 3.25. The van der Waals surface area contributed by atoms with Crippen LogP contribution in [0.2, 0.25) is 0 Å². The predicted molar refractivity (Wildman–Crippen MR) is 46.7 cm³/mol. The van der Waals surface area contributed by atoms with Crippen molar-refractivity contribution in [3.8, 4) is 0 Å². The summed E-state index contributed by atoms with van der Waals surface area (Å²) in [5.41, 5.74) is 0.350. The van der Waals surface area contributed by atoms with Gasteiger partial charge in [0.25, 0.3) is 0 Å². The number of hydrogen-bond acceptors (Lipinski definition) is 2. The summed E-state index contributed by atoms with van der Waals surface area (Å²) in [6, 6.07) is 0.0523. The smallest absolute Gasteiger partial charge is 0.202 e. The average Bonchev–Trinajstić information content (AvgIpc) is 2.29. The van der Waals surface area contributed by atoms with Crippen LogP contribution in [0.15, 0.2) is 0 Å². The van der Waals surface area contributed by atoms with Crippen molar-refractivity contribution >= 4 is 17.7 Å². The highest BCUT2D eigenvalue weighted by molar-refractivity contribution is 7.96. The molecule has 0 aromatic carbocycles. The van der Waals surface area contributed by atoms with Gasteiger partial charge in [-0.3, -0.25) is 4.79 Å². The van der Waals surface area contributed by atoms with E-state index in [0.29, 0.717) is 5.54 Å². The summed E-state index contributed by atoms with van der Waals surface area (Å²) in [5, 5.41) is 3.33. The molecule has 1 spiro atoms. The summed E-state index contributed by atoms with van der Waals surface area (Å²) >= 11 is 3.80. The molecule has 11 heavy (non-hydrogen) atoms. The van der Waals surface area contributed by atoms with Crippen molar-refractivity contribution in [2.45, 2.75) is 43.7 Å². The van der Waals surface area contributed by atoms with Gasteiger partial charge in [0.1, 0.15) is 0 Å². The second kappa shape index (κ2) is 2.49. The van der Waals surface area contributed by atoms with Crippen LogP contribution < -0.4 is 5.32 Å². The van der Waals surface area contributed by atoms with E-state index in [2.05, 4.69) is 17.9 Å². The lowest BCUT2D eigenvalue weighted by atomic mass is 9.81. The molecule has 0 amide bonds. The lowest BCUT2D eigenvalue weighted by Crippen LogP contribution is -2.64. The molecule has 62 valence electrons. The molecule has 0 radical (unpaired) electrons. The second-order valence-corrected chi connectivity index (χ2v) is 4.17. The van der Waals surface area contributed by atoms with Gasteiger partial charge in [0.2, 0.25) is 5.12 Å². The normalized spacial score (nSPS) is 33.7. The fourth-order valence-electron chi connectivity index (χ4n) is 2.29. The minimum absolute atomic E-state index is 0.00234. The summed E-state index contributed by atoms with van der Waals surface area (Å²) in [5.74, 6) is 0. The van der Waals surface area contributed by atoms with Gasteiger partial charge < -0.3 is 5.32 Å². The Balaban J connectivity index is 1.91. The first-order valence-corrected chi connectivity index (χ1v) is 4.67. The molecule has 1 saturated carbocycles. The van der Waals surface area contributed by atoms with Crippen LogP contribution in [-0.2, 0) is 4.79 Å². The lowest BCUT2D eigenvalue weighted by Gasteiger charge is -2.45. The Morgan fingerprint density at radius 1 is 1.45 bits per heavy atom. The van der Waals surface area contributed by atoms with Gasteiger partial charge in [0.15, 0.2) is 0 Å². The lowest BCUT2D eigenvalue weighted by molar-refractivity contribution is -0.116. The molecule has 0 aromatic rings. The molecule has 1 N–H and O–H groups in total. The Hall–Kier alpha value is -0.0200. The minimum atomic E-state index is 0.00234. The van der Waals surface area contributed by atoms with Gasteiger partial charge in [-0.05, 0) is 19.3 Å². The van der Waals surface area contributed by atoms with Crippen molar-refractivity contribution in [2.75, 3.05) is 0 Å². The third kappa shape index (κ3) is 1.20. The Labute approximate surface area is 72.1 Å². The van der Waals surface area contributed by atoms with Crippen LogP contribution in [0.4, 0.5) is 0 Å². The molecule has 0 aromatic heterocycles. The van der Waals surface area contributed by atoms with Crippen LogP contribution in [0.3, 0.4) is 0 Å². The molecule has 1 saturated heterocycles. The van der Waals surface area contributed by atoms with E-state index in [1.807, 2.05) is 0 Å². The Kier molecular flexibility index (Phi) is 1.72. The van der Waals surface area contributed by atoms with E-state index in [-0.39, 0.29) is 11.2 Å². The summed E-state index contributed by atoms with van der Waals surface area (Å²) in [7, 11) is 0. The summed E-state index contributed by atoms with van der Waals surface area (Å²) in [6.45, 7) is 0. The molecule has 3 heteroatoms. The van der Waals surface area contributed by atoms with Crippen molar-refractivity contribution in [3.05, 3.63) is 0 Å². The summed E-state index contributed by atoms with van der Waals surface area (Å²) < 4.78 is 0. The molecule has 2 rings (SSSR count). The van der Waals surface area contributed by atoms with Crippen molar-refractivity contribution in [1.29, 1.82) is 0 Å².